The van der Waals surface area contributed by atoms with Gasteiger partial charge < -0.3 is 5.11 Å². The molecule has 1 atom stereocenters. The van der Waals surface area contributed by atoms with Crippen molar-refractivity contribution in [2.24, 2.45) is 0 Å². The van der Waals surface area contributed by atoms with Gasteiger partial charge in [0.15, 0.2) is 0 Å². The fourth-order valence-electron chi connectivity index (χ4n) is 1.35. The number of carbonyl (C=O) groups is 1. The number of aromatic carboxylic acids is 1. The van der Waals surface area contributed by atoms with Crippen LogP contribution < -0.4 is 4.72 Å². The number of benzene rings is 1. The van der Waals surface area contributed by atoms with E-state index in [1.807, 2.05) is 0 Å². The first kappa shape index (κ1) is 15.8. The number of carboxylic acids is 1. The van der Waals surface area contributed by atoms with Crippen LogP contribution in [0.2, 0.25) is 0 Å². The molecule has 1 aromatic carbocycles. The molecule has 1 unspecified atom stereocenters. The molecule has 0 fully saturated rings. The van der Waals surface area contributed by atoms with Gasteiger partial charge in [0.1, 0.15) is 0 Å². The van der Waals surface area contributed by atoms with E-state index >= 15 is 0 Å². The molecule has 2 N–H and O–H groups in total. The van der Waals surface area contributed by atoms with E-state index in [2.05, 4.69) is 4.72 Å². The minimum Gasteiger partial charge on any atom is -0.478 e. The van der Waals surface area contributed by atoms with Crippen molar-refractivity contribution >= 4 is 26.8 Å². The summed E-state index contributed by atoms with van der Waals surface area (Å²) in [5.41, 5.74) is 0.602. The van der Waals surface area contributed by atoms with Gasteiger partial charge >= 0.3 is 5.97 Å². The van der Waals surface area contributed by atoms with Crippen molar-refractivity contribution in [3.05, 3.63) is 35.4 Å². The molecule has 1 aromatic rings. The summed E-state index contributed by atoms with van der Waals surface area (Å²) in [6, 6.07) is 5.63. The van der Waals surface area contributed by atoms with Crippen LogP contribution in [0.5, 0.6) is 0 Å². The first-order valence-electron chi connectivity index (χ1n) is 5.40. The summed E-state index contributed by atoms with van der Waals surface area (Å²) in [6.07, 6.45) is 1.50. The molecule has 0 radical (unpaired) electrons. The molecular formula is C11H15NO5S2. The lowest BCUT2D eigenvalue weighted by atomic mass is 10.1. The zero-order valence-electron chi connectivity index (χ0n) is 10.3. The second kappa shape index (κ2) is 6.78. The largest absolute Gasteiger partial charge is 0.478 e. The molecule has 8 heteroatoms. The number of carboxylic acid groups (broad SMARTS) is 1. The SMILES string of the molecule is CS(=O)CCNS(=O)(=O)Cc1ccc(C(=O)O)cc1. The Morgan fingerprint density at radius 2 is 1.89 bits per heavy atom. The summed E-state index contributed by atoms with van der Waals surface area (Å²) >= 11 is 0. The van der Waals surface area contributed by atoms with E-state index < -0.39 is 26.8 Å². The topological polar surface area (TPSA) is 101 Å². The molecule has 0 saturated heterocycles. The Morgan fingerprint density at radius 3 is 2.37 bits per heavy atom. The van der Waals surface area contributed by atoms with Crippen molar-refractivity contribution in [2.75, 3.05) is 18.6 Å². The van der Waals surface area contributed by atoms with Gasteiger partial charge in [-0.25, -0.2) is 17.9 Å². The van der Waals surface area contributed by atoms with Crippen LogP contribution in [0.15, 0.2) is 24.3 Å². The van der Waals surface area contributed by atoms with Gasteiger partial charge in [0.05, 0.1) is 11.3 Å². The maximum atomic E-state index is 11.7. The molecule has 0 aliphatic carbocycles. The van der Waals surface area contributed by atoms with Crippen molar-refractivity contribution in [3.8, 4) is 0 Å². The highest BCUT2D eigenvalue weighted by Gasteiger charge is 2.11. The van der Waals surface area contributed by atoms with Crippen molar-refractivity contribution in [1.82, 2.24) is 4.72 Å². The minimum atomic E-state index is -3.50. The molecule has 106 valence electrons. The Bertz CT molecular complexity index is 565. The van der Waals surface area contributed by atoms with Gasteiger partial charge in [-0.2, -0.15) is 0 Å². The third-order valence-corrected chi connectivity index (χ3v) is 4.41. The van der Waals surface area contributed by atoms with Crippen LogP contribution >= 0.6 is 0 Å². The van der Waals surface area contributed by atoms with Gasteiger partial charge in [0.25, 0.3) is 0 Å². The van der Waals surface area contributed by atoms with Crippen LogP contribution in [0.4, 0.5) is 0 Å². The first-order chi connectivity index (χ1) is 8.80. The highest BCUT2D eigenvalue weighted by Crippen LogP contribution is 2.07. The molecule has 0 bridgehead atoms. The first-order valence-corrected chi connectivity index (χ1v) is 8.78. The molecule has 1 rings (SSSR count). The predicted octanol–water partition coefficient (Wildman–Crippen LogP) is 0.183. The lowest BCUT2D eigenvalue weighted by Gasteiger charge is -2.06. The monoisotopic (exact) mass is 305 g/mol. The maximum absolute atomic E-state index is 11.7. The summed E-state index contributed by atoms with van der Waals surface area (Å²) in [6.45, 7) is 0.124. The Morgan fingerprint density at radius 1 is 1.32 bits per heavy atom. The summed E-state index contributed by atoms with van der Waals surface area (Å²) in [7, 11) is -4.54. The van der Waals surface area contributed by atoms with Crippen LogP contribution in [0.25, 0.3) is 0 Å². The fourth-order valence-corrected chi connectivity index (χ4v) is 3.02. The van der Waals surface area contributed by atoms with Gasteiger partial charge in [0, 0.05) is 29.4 Å². The summed E-state index contributed by atoms with van der Waals surface area (Å²) in [4.78, 5) is 10.6. The second-order valence-corrected chi connectivity index (χ2v) is 7.29. The summed E-state index contributed by atoms with van der Waals surface area (Å²) in [5.74, 6) is -1.03. The van der Waals surface area contributed by atoms with Gasteiger partial charge in [0.2, 0.25) is 10.0 Å². The van der Waals surface area contributed by atoms with Crippen LogP contribution in [0, 0.1) is 0 Å². The lowest BCUT2D eigenvalue weighted by molar-refractivity contribution is 0.0697. The van der Waals surface area contributed by atoms with Crippen molar-refractivity contribution in [1.29, 1.82) is 0 Å². The number of sulfonamides is 1. The maximum Gasteiger partial charge on any atom is 0.335 e. The average Bonchev–Trinajstić information content (AvgIpc) is 2.28. The second-order valence-electron chi connectivity index (χ2n) is 3.93. The Hall–Kier alpha value is -1.25. The fraction of sp³-hybridized carbons (Fsp3) is 0.364. The predicted molar refractivity (Wildman–Crippen MR) is 73.0 cm³/mol. The molecule has 0 amide bonds. The van der Waals surface area contributed by atoms with Crippen LogP contribution in [-0.2, 0) is 26.6 Å². The molecule has 0 aliphatic heterocycles. The van der Waals surface area contributed by atoms with E-state index in [9.17, 15) is 17.4 Å². The molecule has 0 aromatic heterocycles. The zero-order valence-corrected chi connectivity index (χ0v) is 12.0. The van der Waals surface area contributed by atoms with E-state index in [1.54, 1.807) is 0 Å². The Balaban J connectivity index is 2.62. The average molecular weight is 305 g/mol. The van der Waals surface area contributed by atoms with Crippen molar-refractivity contribution in [2.45, 2.75) is 5.75 Å². The molecule has 19 heavy (non-hydrogen) atoms. The highest BCUT2D eigenvalue weighted by molar-refractivity contribution is 7.88. The van der Waals surface area contributed by atoms with Crippen molar-refractivity contribution in [3.63, 3.8) is 0 Å². The smallest absolute Gasteiger partial charge is 0.335 e. The van der Waals surface area contributed by atoms with Crippen LogP contribution in [-0.4, -0.2) is 42.3 Å². The molecular weight excluding hydrogens is 290 g/mol. The standard InChI is InChI=1S/C11H15NO5S2/c1-18(15)7-6-12-19(16,17)8-9-2-4-10(5-3-9)11(13)14/h2-5,12H,6-8H2,1H3,(H,13,14). The molecule has 0 aliphatic rings. The third-order valence-electron chi connectivity index (χ3n) is 2.27. The number of hydrogen-bond donors (Lipinski definition) is 2. The van der Waals surface area contributed by atoms with E-state index in [1.165, 1.54) is 30.5 Å². The van der Waals surface area contributed by atoms with Crippen LogP contribution in [0.3, 0.4) is 0 Å². The van der Waals surface area contributed by atoms with E-state index in [0.717, 1.165) is 0 Å². The van der Waals surface area contributed by atoms with Gasteiger partial charge in [-0.05, 0) is 17.7 Å². The van der Waals surface area contributed by atoms with E-state index in [-0.39, 0.29) is 23.6 Å². The van der Waals surface area contributed by atoms with Gasteiger partial charge in [-0.3, -0.25) is 4.21 Å². The molecule has 6 nitrogen and oxygen atoms in total. The molecule has 0 saturated carbocycles. The quantitative estimate of drug-likeness (QED) is 0.748. The molecule has 0 spiro atoms. The number of nitrogens with one attached hydrogen (secondary N) is 1. The van der Waals surface area contributed by atoms with Crippen molar-refractivity contribution < 1.29 is 22.5 Å². The summed E-state index contributed by atoms with van der Waals surface area (Å²) in [5, 5.41) is 8.72. The van der Waals surface area contributed by atoms with E-state index in [0.29, 0.717) is 5.56 Å². The Labute approximate surface area is 114 Å². The van der Waals surface area contributed by atoms with E-state index in [4.69, 9.17) is 5.11 Å². The number of hydrogen-bond acceptors (Lipinski definition) is 4. The molecule has 0 heterocycles. The lowest BCUT2D eigenvalue weighted by Crippen LogP contribution is -2.28. The highest BCUT2D eigenvalue weighted by atomic mass is 32.2. The van der Waals surface area contributed by atoms with Gasteiger partial charge in [-0.15, -0.1) is 0 Å². The Kier molecular flexibility index (Phi) is 5.64. The summed E-state index contributed by atoms with van der Waals surface area (Å²) < 4.78 is 36.5. The zero-order chi connectivity index (χ0) is 14.5. The minimum absolute atomic E-state index is 0.107. The van der Waals surface area contributed by atoms with Gasteiger partial charge in [-0.1, -0.05) is 12.1 Å². The number of rotatable bonds is 7. The normalized spacial score (nSPS) is 13.1. The third kappa shape index (κ3) is 5.95. The van der Waals surface area contributed by atoms with Crippen LogP contribution in [0.1, 0.15) is 15.9 Å².